The molecule has 3 rings (SSSR count). The first-order chi connectivity index (χ1) is 14.7. The van der Waals surface area contributed by atoms with E-state index in [0.717, 1.165) is 18.3 Å². The van der Waals surface area contributed by atoms with Crippen LogP contribution in [0.4, 0.5) is 39.5 Å². The van der Waals surface area contributed by atoms with Crippen LogP contribution in [0.3, 0.4) is 0 Å². The monoisotopic (exact) mass is 471 g/mol. The topological polar surface area (TPSA) is 48.7 Å². The maximum absolute atomic E-state index is 13.3. The van der Waals surface area contributed by atoms with E-state index in [9.17, 15) is 44.6 Å². The minimum atomic E-state index is -5.10. The van der Waals surface area contributed by atoms with Crippen LogP contribution in [-0.2, 0) is 12.4 Å². The van der Waals surface area contributed by atoms with Gasteiger partial charge in [-0.25, -0.2) is 4.98 Å². The summed E-state index contributed by atoms with van der Waals surface area (Å²) >= 11 is 0. The van der Waals surface area contributed by atoms with Gasteiger partial charge >= 0.3 is 18.5 Å². The highest BCUT2D eigenvalue weighted by atomic mass is 19.4. The van der Waals surface area contributed by atoms with Gasteiger partial charge in [0.2, 0.25) is 0 Å². The average molecular weight is 471 g/mol. The van der Waals surface area contributed by atoms with Crippen molar-refractivity contribution in [1.82, 2.24) is 9.88 Å². The molecule has 0 aliphatic carbocycles. The summed E-state index contributed by atoms with van der Waals surface area (Å²) in [4.78, 5) is 7.67. The summed E-state index contributed by atoms with van der Waals surface area (Å²) in [5.41, 5.74) is -5.68. The molecule has 0 bridgehead atoms. The number of benzene rings is 1. The molecule has 13 heteroatoms. The van der Waals surface area contributed by atoms with E-state index in [2.05, 4.69) is 9.98 Å². The average Bonchev–Trinajstić information content (AvgIpc) is 2.90. The number of aliphatic hydroxyl groups excluding tert-OH is 1. The molecule has 0 saturated carbocycles. The van der Waals surface area contributed by atoms with Crippen molar-refractivity contribution in [2.45, 2.75) is 24.6 Å². The number of fused-ring (bicyclic) bond motifs is 1. The fourth-order valence-electron chi connectivity index (χ4n) is 3.18. The van der Waals surface area contributed by atoms with E-state index < -0.39 is 59.2 Å². The highest BCUT2D eigenvalue weighted by molar-refractivity contribution is 5.99. The number of halogens is 9. The van der Waals surface area contributed by atoms with Crippen LogP contribution in [0.25, 0.3) is 10.9 Å². The lowest BCUT2D eigenvalue weighted by Crippen LogP contribution is -2.26. The maximum Gasteiger partial charge on any atom is 0.433 e. The molecule has 1 aliphatic heterocycles. The lowest BCUT2D eigenvalue weighted by atomic mass is 9.99. The van der Waals surface area contributed by atoms with Gasteiger partial charge in [-0.05, 0) is 23.8 Å². The Bertz CT molecular complexity index is 1050. The zero-order valence-electron chi connectivity index (χ0n) is 15.9. The summed E-state index contributed by atoms with van der Waals surface area (Å²) in [7, 11) is 0. The first-order valence-corrected chi connectivity index (χ1v) is 8.98. The second-order valence-electron chi connectivity index (χ2n) is 6.89. The van der Waals surface area contributed by atoms with Gasteiger partial charge in [-0.2, -0.15) is 39.5 Å². The molecular formula is C19H14F9N3O. The molecule has 0 fully saturated rings. The highest BCUT2D eigenvalue weighted by Crippen LogP contribution is 2.39. The number of hydrogen-bond donors (Lipinski definition) is 1. The second-order valence-corrected chi connectivity index (χ2v) is 6.89. The van der Waals surface area contributed by atoms with Gasteiger partial charge in [-0.3, -0.25) is 4.99 Å². The third kappa shape index (κ3) is 5.14. The molecule has 0 amide bonds. The highest BCUT2D eigenvalue weighted by Gasteiger charge is 2.38. The van der Waals surface area contributed by atoms with Crippen molar-refractivity contribution in [2.75, 3.05) is 19.6 Å². The van der Waals surface area contributed by atoms with E-state index in [-0.39, 0.29) is 18.5 Å². The number of aliphatic hydroxyl groups is 1. The number of hydrogen-bond acceptors (Lipinski definition) is 4. The summed E-state index contributed by atoms with van der Waals surface area (Å²) in [5, 5.41) is 10.2. The van der Waals surface area contributed by atoms with Gasteiger partial charge in [-0.1, -0.05) is 12.1 Å². The standard InChI is InChI=1S/C19H14F9N3O/c20-17(21,22)12-3-1-2-10-11(8-15(19(26,27)28)30-16(10)12)13(32)9-31-6-4-14(18(23,24)25)29-5-7-31/h1-4,6,8,13,32H,5,7,9H2. The van der Waals surface area contributed by atoms with Crippen LogP contribution < -0.4 is 0 Å². The van der Waals surface area contributed by atoms with E-state index >= 15 is 0 Å². The van der Waals surface area contributed by atoms with Crippen LogP contribution in [0.1, 0.15) is 22.9 Å². The van der Waals surface area contributed by atoms with E-state index in [4.69, 9.17) is 0 Å². The number of rotatable bonds is 3. The molecule has 1 aliphatic rings. The number of aliphatic imine (C=N–C) groups is 1. The number of para-hydroxylation sites is 1. The van der Waals surface area contributed by atoms with E-state index in [1.165, 1.54) is 4.90 Å². The Morgan fingerprint density at radius 2 is 1.66 bits per heavy atom. The molecule has 174 valence electrons. The third-order valence-corrected chi connectivity index (χ3v) is 4.64. The van der Waals surface area contributed by atoms with E-state index in [0.29, 0.717) is 18.2 Å². The molecule has 1 aromatic carbocycles. The second kappa shape index (κ2) is 8.26. The van der Waals surface area contributed by atoms with Crippen molar-refractivity contribution in [1.29, 1.82) is 0 Å². The van der Waals surface area contributed by atoms with E-state index in [1.807, 2.05) is 0 Å². The van der Waals surface area contributed by atoms with Crippen molar-refractivity contribution in [3.63, 3.8) is 0 Å². The predicted molar refractivity (Wildman–Crippen MR) is 95.8 cm³/mol. The number of alkyl halides is 9. The van der Waals surface area contributed by atoms with Gasteiger partial charge < -0.3 is 10.0 Å². The number of aromatic nitrogens is 1. The largest absolute Gasteiger partial charge is 0.433 e. The number of pyridine rings is 1. The van der Waals surface area contributed by atoms with Crippen molar-refractivity contribution in [2.24, 2.45) is 4.99 Å². The zero-order chi connectivity index (χ0) is 23.9. The van der Waals surface area contributed by atoms with Crippen LogP contribution in [0.5, 0.6) is 0 Å². The van der Waals surface area contributed by atoms with Gasteiger partial charge in [-0.15, -0.1) is 0 Å². The lowest BCUT2D eigenvalue weighted by Gasteiger charge is -2.24. The summed E-state index contributed by atoms with van der Waals surface area (Å²) in [6, 6.07) is 3.05. The Labute approximate surface area is 174 Å². The SMILES string of the molecule is OC(CN1C=CC(C(F)(F)F)=NCC1)c1cc(C(F)(F)F)nc2c(C(F)(F)F)cccc12. The molecule has 2 aromatic rings. The Morgan fingerprint density at radius 3 is 2.25 bits per heavy atom. The normalized spacial score (nSPS) is 16.8. The fraction of sp³-hybridized carbons (Fsp3) is 0.368. The molecule has 0 saturated heterocycles. The number of β-amino-alcohol motifs (C(OH)–C–C–N with tert-alkyl or cyclic N) is 1. The molecule has 2 heterocycles. The minimum absolute atomic E-state index is 0.101. The zero-order valence-corrected chi connectivity index (χ0v) is 15.9. The quantitative estimate of drug-likeness (QED) is 0.631. The maximum atomic E-state index is 13.3. The molecule has 1 N–H and O–H groups in total. The fourth-order valence-corrected chi connectivity index (χ4v) is 3.18. The van der Waals surface area contributed by atoms with Crippen LogP contribution >= 0.6 is 0 Å². The molecule has 0 radical (unpaired) electrons. The van der Waals surface area contributed by atoms with Crippen molar-refractivity contribution in [3.05, 3.63) is 53.4 Å². The predicted octanol–water partition coefficient (Wildman–Crippen LogP) is 5.14. The molecular weight excluding hydrogens is 457 g/mol. The molecule has 4 nitrogen and oxygen atoms in total. The van der Waals surface area contributed by atoms with Gasteiger partial charge in [0.25, 0.3) is 0 Å². The van der Waals surface area contributed by atoms with Gasteiger partial charge in [0.1, 0.15) is 11.4 Å². The third-order valence-electron chi connectivity index (χ3n) is 4.64. The van der Waals surface area contributed by atoms with Crippen molar-refractivity contribution >= 4 is 16.6 Å². The number of nitrogens with zero attached hydrogens (tertiary/aromatic N) is 3. The van der Waals surface area contributed by atoms with Crippen LogP contribution in [0.2, 0.25) is 0 Å². The lowest BCUT2D eigenvalue weighted by molar-refractivity contribution is -0.142. The summed E-state index contributed by atoms with van der Waals surface area (Å²) in [6.45, 7) is -0.891. The number of allylic oxidation sites excluding steroid dienone is 1. The summed E-state index contributed by atoms with van der Waals surface area (Å²) in [5.74, 6) is 0. The molecule has 1 atom stereocenters. The Balaban J connectivity index is 2.02. The van der Waals surface area contributed by atoms with Gasteiger partial charge in [0, 0.05) is 24.7 Å². The summed E-state index contributed by atoms with van der Waals surface area (Å²) in [6.07, 6.45) is -15.0. The Kier molecular flexibility index (Phi) is 6.15. The molecule has 1 unspecified atom stereocenters. The van der Waals surface area contributed by atoms with E-state index in [1.54, 1.807) is 0 Å². The summed E-state index contributed by atoms with van der Waals surface area (Å²) < 4.78 is 118. The Hall–Kier alpha value is -2.83. The van der Waals surface area contributed by atoms with Crippen LogP contribution in [0.15, 0.2) is 41.5 Å². The molecule has 1 aromatic heterocycles. The Morgan fingerprint density at radius 1 is 0.969 bits per heavy atom. The smallest absolute Gasteiger partial charge is 0.387 e. The molecule has 32 heavy (non-hydrogen) atoms. The van der Waals surface area contributed by atoms with Crippen LogP contribution in [0, 0.1) is 0 Å². The van der Waals surface area contributed by atoms with Gasteiger partial charge in [0.15, 0.2) is 0 Å². The van der Waals surface area contributed by atoms with Crippen LogP contribution in [-0.4, -0.2) is 46.5 Å². The van der Waals surface area contributed by atoms with Crippen molar-refractivity contribution in [3.8, 4) is 0 Å². The van der Waals surface area contributed by atoms with Crippen molar-refractivity contribution < 1.29 is 44.6 Å². The first kappa shape index (κ1) is 23.8. The van der Waals surface area contributed by atoms with Gasteiger partial charge in [0.05, 0.1) is 23.7 Å². The minimum Gasteiger partial charge on any atom is -0.387 e. The molecule has 0 spiro atoms. The first-order valence-electron chi connectivity index (χ1n) is 8.98.